The van der Waals surface area contributed by atoms with Gasteiger partial charge in [-0.3, -0.25) is 13.9 Å². The Morgan fingerprint density at radius 3 is 2.29 bits per heavy atom. The number of anilines is 1. The molecule has 0 spiro atoms. The smallest absolute Gasteiger partial charge is 0.264 e. The Morgan fingerprint density at radius 2 is 1.71 bits per heavy atom. The molecule has 0 aromatic heterocycles. The summed E-state index contributed by atoms with van der Waals surface area (Å²) in [5, 5.41) is 2.84. The van der Waals surface area contributed by atoms with E-state index in [0.717, 1.165) is 4.31 Å². The molecule has 3 rings (SSSR count). The predicted octanol–water partition coefficient (Wildman–Crippen LogP) is 4.24. The van der Waals surface area contributed by atoms with Gasteiger partial charge in [0.1, 0.15) is 24.2 Å². The van der Waals surface area contributed by atoms with Crippen LogP contribution in [-0.2, 0) is 26.2 Å². The van der Waals surface area contributed by atoms with Crippen molar-refractivity contribution in [2.45, 2.75) is 31.3 Å². The van der Waals surface area contributed by atoms with Crippen LogP contribution in [-0.4, -0.2) is 51.4 Å². The lowest BCUT2D eigenvalue weighted by molar-refractivity contribution is -0.139. The number of hydrogen-bond acceptors (Lipinski definition) is 5. The molecule has 0 radical (unpaired) electrons. The van der Waals surface area contributed by atoms with E-state index >= 15 is 0 Å². The molecule has 11 heteroatoms. The molecule has 0 saturated carbocycles. The molecule has 1 N–H and O–H groups in total. The number of halogens is 2. The zero-order chi connectivity index (χ0) is 27.9. The normalized spacial score (nSPS) is 11.9. The van der Waals surface area contributed by atoms with Crippen LogP contribution in [0.1, 0.15) is 19.4 Å². The third-order valence-corrected chi connectivity index (χ3v) is 7.90. The second kappa shape index (κ2) is 12.7. The van der Waals surface area contributed by atoms with Gasteiger partial charge in [0.05, 0.1) is 22.7 Å². The van der Waals surface area contributed by atoms with Crippen LogP contribution in [0.3, 0.4) is 0 Å². The van der Waals surface area contributed by atoms with Crippen LogP contribution in [0.4, 0.5) is 10.1 Å². The van der Waals surface area contributed by atoms with Crippen LogP contribution < -0.4 is 14.4 Å². The fourth-order valence-electron chi connectivity index (χ4n) is 3.75. The molecule has 8 nitrogen and oxygen atoms in total. The third-order valence-electron chi connectivity index (χ3n) is 5.82. The number of carbonyl (C=O) groups is 2. The van der Waals surface area contributed by atoms with Gasteiger partial charge in [-0.2, -0.15) is 0 Å². The van der Waals surface area contributed by atoms with Crippen LogP contribution in [0.5, 0.6) is 5.75 Å². The average Bonchev–Trinajstić information content (AvgIpc) is 2.91. The summed E-state index contributed by atoms with van der Waals surface area (Å²) < 4.78 is 47.0. The number of sulfonamides is 1. The summed E-state index contributed by atoms with van der Waals surface area (Å²) in [6, 6.07) is 16.6. The van der Waals surface area contributed by atoms with Gasteiger partial charge in [-0.1, -0.05) is 41.9 Å². The third kappa shape index (κ3) is 6.81. The minimum atomic E-state index is -4.22. The van der Waals surface area contributed by atoms with Crippen molar-refractivity contribution in [3.05, 3.63) is 89.2 Å². The maximum Gasteiger partial charge on any atom is 0.264 e. The molecule has 0 aliphatic rings. The molecule has 0 saturated heterocycles. The summed E-state index contributed by atoms with van der Waals surface area (Å²) in [6.07, 6.45) is 0. The summed E-state index contributed by atoms with van der Waals surface area (Å²) in [5.41, 5.74) is 0.709. The zero-order valence-corrected chi connectivity index (χ0v) is 22.8. The number of amides is 2. The van der Waals surface area contributed by atoms with Crippen molar-refractivity contribution in [1.82, 2.24) is 10.2 Å². The second-order valence-corrected chi connectivity index (χ2v) is 10.6. The van der Waals surface area contributed by atoms with Gasteiger partial charge in [-0.05, 0) is 61.9 Å². The second-order valence-electron chi connectivity index (χ2n) is 8.36. The molecule has 0 aliphatic carbocycles. The molecular weight excluding hydrogens is 533 g/mol. The lowest BCUT2D eigenvalue weighted by atomic mass is 10.1. The predicted molar refractivity (Wildman–Crippen MR) is 144 cm³/mol. The number of nitrogens with one attached hydrogen (secondary N) is 1. The van der Waals surface area contributed by atoms with Crippen LogP contribution in [0.2, 0.25) is 5.02 Å². The Balaban J connectivity index is 2.04. The first-order chi connectivity index (χ1) is 18.1. The van der Waals surface area contributed by atoms with Gasteiger partial charge in [0, 0.05) is 13.1 Å². The molecule has 0 fully saturated rings. The highest BCUT2D eigenvalue weighted by atomic mass is 35.5. The highest BCUT2D eigenvalue weighted by molar-refractivity contribution is 7.92. The van der Waals surface area contributed by atoms with Crippen LogP contribution in [0.25, 0.3) is 0 Å². The minimum absolute atomic E-state index is 0.0263. The highest BCUT2D eigenvalue weighted by Crippen LogP contribution is 2.32. The Hall–Kier alpha value is -3.63. The first-order valence-electron chi connectivity index (χ1n) is 11.8. The number of hydrogen-bond donors (Lipinski definition) is 1. The number of carbonyl (C=O) groups excluding carboxylic acids is 2. The van der Waals surface area contributed by atoms with E-state index in [4.69, 9.17) is 16.3 Å². The van der Waals surface area contributed by atoms with E-state index in [1.165, 1.54) is 66.6 Å². The van der Waals surface area contributed by atoms with Gasteiger partial charge in [0.25, 0.3) is 10.0 Å². The minimum Gasteiger partial charge on any atom is -0.495 e. The van der Waals surface area contributed by atoms with Crippen LogP contribution >= 0.6 is 11.6 Å². The summed E-state index contributed by atoms with van der Waals surface area (Å²) >= 11 is 6.29. The first-order valence-corrected chi connectivity index (χ1v) is 13.6. The molecule has 3 aromatic carbocycles. The molecule has 0 heterocycles. The number of likely N-dealkylation sites (N-methyl/N-ethyl adjacent to an activating group) is 1. The van der Waals surface area contributed by atoms with Crippen molar-refractivity contribution in [3.8, 4) is 5.75 Å². The lowest BCUT2D eigenvalue weighted by Crippen LogP contribution is -2.51. The van der Waals surface area contributed by atoms with Gasteiger partial charge >= 0.3 is 0 Å². The van der Waals surface area contributed by atoms with E-state index in [9.17, 15) is 22.4 Å². The van der Waals surface area contributed by atoms with E-state index in [2.05, 4.69) is 5.32 Å². The van der Waals surface area contributed by atoms with Crippen molar-refractivity contribution in [2.75, 3.05) is 24.5 Å². The number of nitrogens with zero attached hydrogens (tertiary/aromatic N) is 2. The largest absolute Gasteiger partial charge is 0.495 e. The fourth-order valence-corrected chi connectivity index (χ4v) is 5.43. The van der Waals surface area contributed by atoms with Crippen LogP contribution in [0.15, 0.2) is 77.7 Å². The van der Waals surface area contributed by atoms with Crippen molar-refractivity contribution in [1.29, 1.82) is 0 Å². The van der Waals surface area contributed by atoms with Crippen molar-refractivity contribution >= 4 is 39.1 Å². The van der Waals surface area contributed by atoms with Gasteiger partial charge in [-0.25, -0.2) is 12.8 Å². The summed E-state index contributed by atoms with van der Waals surface area (Å²) in [7, 11) is -2.79. The van der Waals surface area contributed by atoms with Gasteiger partial charge in [0.2, 0.25) is 11.8 Å². The lowest BCUT2D eigenvalue weighted by Gasteiger charge is -2.32. The van der Waals surface area contributed by atoms with Crippen LogP contribution in [0, 0.1) is 5.82 Å². The van der Waals surface area contributed by atoms with E-state index in [0.29, 0.717) is 17.9 Å². The van der Waals surface area contributed by atoms with Crippen molar-refractivity contribution in [3.63, 3.8) is 0 Å². The van der Waals surface area contributed by atoms with E-state index in [1.807, 2.05) is 0 Å². The molecule has 38 heavy (non-hydrogen) atoms. The molecular formula is C27H29ClFN3O5S. The van der Waals surface area contributed by atoms with E-state index in [-0.39, 0.29) is 22.2 Å². The summed E-state index contributed by atoms with van der Waals surface area (Å²) in [5.74, 6) is -1.16. The number of benzene rings is 3. The number of rotatable bonds is 11. The SMILES string of the molecule is CCNC(=O)[C@@H](C)N(Cc1ccc(F)cc1)C(=O)CN(c1ccc(OC)c(Cl)c1)S(=O)(=O)c1ccccc1. The molecule has 0 aliphatic heterocycles. The number of methoxy groups -OCH3 is 1. The Bertz CT molecular complexity index is 1370. The monoisotopic (exact) mass is 561 g/mol. The molecule has 0 unspecified atom stereocenters. The topological polar surface area (TPSA) is 96.0 Å². The fraction of sp³-hybridized carbons (Fsp3) is 0.259. The molecule has 0 bridgehead atoms. The molecule has 3 aromatic rings. The highest BCUT2D eigenvalue weighted by Gasteiger charge is 2.32. The summed E-state index contributed by atoms with van der Waals surface area (Å²) in [6.45, 7) is 2.98. The maximum atomic E-state index is 13.7. The molecule has 1 atom stereocenters. The Morgan fingerprint density at radius 1 is 1.05 bits per heavy atom. The van der Waals surface area contributed by atoms with E-state index in [1.54, 1.807) is 32.0 Å². The molecule has 202 valence electrons. The van der Waals surface area contributed by atoms with Gasteiger partial charge in [0.15, 0.2) is 0 Å². The average molecular weight is 562 g/mol. The standard InChI is InChI=1S/C27H29ClFN3O5S/c1-4-30-27(34)19(2)31(17-20-10-12-21(29)13-11-20)26(33)18-32(22-14-15-25(37-3)24(28)16-22)38(35,36)23-8-6-5-7-9-23/h5-16,19H,4,17-18H2,1-3H3,(H,30,34)/t19-/m1/s1. The quantitative estimate of drug-likeness (QED) is 0.378. The molecule has 2 amide bonds. The Labute approximate surface area is 227 Å². The Kier molecular flexibility index (Phi) is 9.71. The first kappa shape index (κ1) is 28.9. The number of ether oxygens (including phenoxy) is 1. The van der Waals surface area contributed by atoms with Crippen molar-refractivity contribution < 1.29 is 27.1 Å². The maximum absolute atomic E-state index is 13.7. The van der Waals surface area contributed by atoms with Gasteiger partial charge < -0.3 is 15.0 Å². The van der Waals surface area contributed by atoms with Gasteiger partial charge in [-0.15, -0.1) is 0 Å². The van der Waals surface area contributed by atoms with Crippen molar-refractivity contribution in [2.24, 2.45) is 0 Å². The zero-order valence-electron chi connectivity index (χ0n) is 21.2. The summed E-state index contributed by atoms with van der Waals surface area (Å²) in [4.78, 5) is 27.7. The van der Waals surface area contributed by atoms with E-state index < -0.39 is 40.2 Å².